The second kappa shape index (κ2) is 20.1. The highest BCUT2D eigenvalue weighted by atomic mass is 79.9. The Hall–Kier alpha value is -1.36. The van der Waals surface area contributed by atoms with Gasteiger partial charge in [0.15, 0.2) is 0 Å². The number of carbonyl (C=O) groups excluding carboxylic acids is 2. The zero-order valence-electron chi connectivity index (χ0n) is 21.0. The molecule has 0 heterocycles. The summed E-state index contributed by atoms with van der Waals surface area (Å²) in [6.07, 6.45) is 19.3. The van der Waals surface area contributed by atoms with Crippen LogP contribution >= 0.6 is 15.9 Å². The van der Waals surface area contributed by atoms with Gasteiger partial charge in [-0.05, 0) is 47.0 Å². The van der Waals surface area contributed by atoms with Crippen molar-refractivity contribution in [2.24, 2.45) is 0 Å². The van der Waals surface area contributed by atoms with E-state index in [0.717, 1.165) is 25.7 Å². The van der Waals surface area contributed by atoms with Crippen LogP contribution in [0.3, 0.4) is 0 Å². The van der Waals surface area contributed by atoms with Crippen LogP contribution < -0.4 is 0 Å². The van der Waals surface area contributed by atoms with E-state index in [2.05, 4.69) is 29.8 Å². The molecule has 0 aliphatic heterocycles. The first kappa shape index (κ1) is 29.7. The average molecular weight is 526 g/mol. The Kier molecular flexibility index (Phi) is 18.0. The summed E-state index contributed by atoms with van der Waals surface area (Å²) < 4.78 is 11.3. The minimum Gasteiger partial charge on any atom is -0.462 e. The number of ether oxygens (including phenoxy) is 2. The number of benzene rings is 1. The van der Waals surface area contributed by atoms with Crippen LogP contribution in [-0.2, 0) is 9.47 Å². The SMILES string of the molecule is CCCCCCCCCCOC(=O)c1ccc(C(=O)OCCCCCCCCCC)c(Br)c1. The van der Waals surface area contributed by atoms with E-state index in [9.17, 15) is 9.59 Å². The van der Waals surface area contributed by atoms with Crippen molar-refractivity contribution < 1.29 is 19.1 Å². The number of rotatable bonds is 20. The fraction of sp³-hybridized carbons (Fsp3) is 0.714. The highest BCUT2D eigenvalue weighted by molar-refractivity contribution is 9.10. The first-order chi connectivity index (χ1) is 16.1. The van der Waals surface area contributed by atoms with Gasteiger partial charge in [0.05, 0.1) is 24.3 Å². The summed E-state index contributed by atoms with van der Waals surface area (Å²) in [7, 11) is 0. The first-order valence-electron chi connectivity index (χ1n) is 13.2. The minimum atomic E-state index is -0.358. The van der Waals surface area contributed by atoms with Gasteiger partial charge in [0.25, 0.3) is 0 Å². The maximum Gasteiger partial charge on any atom is 0.339 e. The molecule has 0 saturated heterocycles. The molecule has 188 valence electrons. The van der Waals surface area contributed by atoms with Gasteiger partial charge in [0, 0.05) is 4.47 Å². The number of hydrogen-bond donors (Lipinski definition) is 0. The number of hydrogen-bond acceptors (Lipinski definition) is 4. The van der Waals surface area contributed by atoms with Gasteiger partial charge < -0.3 is 9.47 Å². The van der Waals surface area contributed by atoms with E-state index < -0.39 is 0 Å². The third kappa shape index (κ3) is 14.5. The molecule has 4 nitrogen and oxygen atoms in total. The van der Waals surface area contributed by atoms with Gasteiger partial charge in [-0.1, -0.05) is 104 Å². The predicted molar refractivity (Wildman–Crippen MR) is 140 cm³/mol. The van der Waals surface area contributed by atoms with E-state index in [1.807, 2.05) is 0 Å². The van der Waals surface area contributed by atoms with Crippen molar-refractivity contribution in [3.05, 3.63) is 33.8 Å². The van der Waals surface area contributed by atoms with Crippen LogP contribution in [0.4, 0.5) is 0 Å². The molecule has 0 amide bonds. The lowest BCUT2D eigenvalue weighted by atomic mass is 10.1. The molecule has 5 heteroatoms. The predicted octanol–water partition coefficient (Wildman–Crippen LogP) is 9.04. The van der Waals surface area contributed by atoms with Crippen LogP contribution in [0.5, 0.6) is 0 Å². The zero-order chi connectivity index (χ0) is 24.2. The second-order valence-electron chi connectivity index (χ2n) is 8.92. The van der Waals surface area contributed by atoms with E-state index in [0.29, 0.717) is 28.8 Å². The van der Waals surface area contributed by atoms with Gasteiger partial charge in [0.2, 0.25) is 0 Å². The van der Waals surface area contributed by atoms with Crippen molar-refractivity contribution in [3.8, 4) is 0 Å². The molecule has 0 aliphatic rings. The molecule has 0 spiro atoms. The molecular weight excluding hydrogens is 480 g/mol. The summed E-state index contributed by atoms with van der Waals surface area (Å²) in [5.74, 6) is -0.707. The molecule has 0 unspecified atom stereocenters. The highest BCUT2D eigenvalue weighted by Gasteiger charge is 2.15. The number of esters is 2. The van der Waals surface area contributed by atoms with Gasteiger partial charge in [-0.25, -0.2) is 9.59 Å². The van der Waals surface area contributed by atoms with Crippen molar-refractivity contribution in [2.45, 2.75) is 117 Å². The lowest BCUT2D eigenvalue weighted by Crippen LogP contribution is -2.10. The smallest absolute Gasteiger partial charge is 0.339 e. The van der Waals surface area contributed by atoms with Gasteiger partial charge in [-0.15, -0.1) is 0 Å². The summed E-state index contributed by atoms with van der Waals surface area (Å²) in [4.78, 5) is 24.6. The van der Waals surface area contributed by atoms with Crippen LogP contribution in [0.15, 0.2) is 22.7 Å². The summed E-state index contributed by atoms with van der Waals surface area (Å²) in [6.45, 7) is 5.33. The standard InChI is InChI=1S/C28H45BrO4/c1-3-5-7-9-11-13-15-17-21-32-27(30)24-19-20-25(26(29)23-24)28(31)33-22-18-16-14-12-10-8-6-4-2/h19-20,23H,3-18,21-22H2,1-2H3. The van der Waals surface area contributed by atoms with Crippen molar-refractivity contribution in [1.82, 2.24) is 0 Å². The average Bonchev–Trinajstić information content (AvgIpc) is 2.81. The molecule has 1 aromatic carbocycles. The maximum absolute atomic E-state index is 12.3. The second-order valence-corrected chi connectivity index (χ2v) is 9.77. The Labute approximate surface area is 210 Å². The van der Waals surface area contributed by atoms with E-state index in [1.54, 1.807) is 18.2 Å². The van der Waals surface area contributed by atoms with Gasteiger partial charge in [-0.3, -0.25) is 0 Å². The van der Waals surface area contributed by atoms with Crippen LogP contribution in [0.25, 0.3) is 0 Å². The molecule has 0 saturated carbocycles. The minimum absolute atomic E-state index is 0.350. The van der Waals surface area contributed by atoms with Gasteiger partial charge in [-0.2, -0.15) is 0 Å². The lowest BCUT2D eigenvalue weighted by Gasteiger charge is -2.09. The summed E-state index contributed by atoms with van der Waals surface area (Å²) in [6, 6.07) is 4.91. The normalized spacial score (nSPS) is 10.9. The third-order valence-corrected chi connectivity index (χ3v) is 6.54. The Morgan fingerprint density at radius 2 is 1.06 bits per heavy atom. The van der Waals surface area contributed by atoms with Crippen LogP contribution in [0, 0.1) is 0 Å². The fourth-order valence-electron chi connectivity index (χ4n) is 3.77. The molecule has 0 fully saturated rings. The quantitative estimate of drug-likeness (QED) is 0.126. The third-order valence-electron chi connectivity index (χ3n) is 5.89. The Balaban J connectivity index is 2.21. The summed E-state index contributed by atoms with van der Waals surface area (Å²) in [5.41, 5.74) is 0.884. The van der Waals surface area contributed by atoms with Gasteiger partial charge in [0.1, 0.15) is 0 Å². The maximum atomic E-state index is 12.3. The molecule has 0 atom stereocenters. The van der Waals surface area contributed by atoms with Gasteiger partial charge >= 0.3 is 11.9 Å². The molecule has 0 N–H and O–H groups in total. The molecule has 33 heavy (non-hydrogen) atoms. The summed E-state index contributed by atoms with van der Waals surface area (Å²) >= 11 is 3.40. The van der Waals surface area contributed by atoms with Crippen LogP contribution in [-0.4, -0.2) is 25.2 Å². The van der Waals surface area contributed by atoms with E-state index >= 15 is 0 Å². The number of halogens is 1. The molecule has 0 aromatic heterocycles. The zero-order valence-corrected chi connectivity index (χ0v) is 22.6. The van der Waals surface area contributed by atoms with Crippen molar-refractivity contribution >= 4 is 27.9 Å². The topological polar surface area (TPSA) is 52.6 Å². The summed E-state index contributed by atoms with van der Waals surface area (Å²) in [5, 5.41) is 0. The van der Waals surface area contributed by atoms with E-state index in [1.165, 1.54) is 77.0 Å². The van der Waals surface area contributed by atoms with E-state index in [-0.39, 0.29) is 11.9 Å². The molecule has 1 aromatic rings. The van der Waals surface area contributed by atoms with Crippen molar-refractivity contribution in [3.63, 3.8) is 0 Å². The highest BCUT2D eigenvalue weighted by Crippen LogP contribution is 2.21. The Morgan fingerprint density at radius 3 is 1.52 bits per heavy atom. The molecule has 0 aliphatic carbocycles. The van der Waals surface area contributed by atoms with E-state index in [4.69, 9.17) is 9.47 Å². The first-order valence-corrected chi connectivity index (χ1v) is 14.0. The monoisotopic (exact) mass is 524 g/mol. The number of unbranched alkanes of at least 4 members (excludes halogenated alkanes) is 14. The Morgan fingerprint density at radius 1 is 0.636 bits per heavy atom. The lowest BCUT2D eigenvalue weighted by molar-refractivity contribution is 0.0482. The van der Waals surface area contributed by atoms with Crippen LogP contribution in [0.2, 0.25) is 0 Å². The van der Waals surface area contributed by atoms with Crippen molar-refractivity contribution in [2.75, 3.05) is 13.2 Å². The van der Waals surface area contributed by atoms with Crippen molar-refractivity contribution in [1.29, 1.82) is 0 Å². The molecule has 1 rings (SSSR count). The molecular formula is C28H45BrO4. The molecule has 0 radical (unpaired) electrons. The Bertz CT molecular complexity index is 659. The fourth-order valence-corrected chi connectivity index (χ4v) is 4.31. The van der Waals surface area contributed by atoms with Crippen LogP contribution in [0.1, 0.15) is 137 Å². The molecule has 0 bridgehead atoms. The number of carbonyl (C=O) groups is 2. The largest absolute Gasteiger partial charge is 0.462 e.